The Labute approximate surface area is 208 Å². The third-order valence-corrected chi connectivity index (χ3v) is 6.76. The molecular formula is C27H25N5O2S. The van der Waals surface area contributed by atoms with Crippen molar-refractivity contribution in [2.75, 3.05) is 22.5 Å². The highest BCUT2D eigenvalue weighted by atomic mass is 32.2. The maximum atomic E-state index is 12.9. The lowest BCUT2D eigenvalue weighted by molar-refractivity contribution is -0.117. The van der Waals surface area contributed by atoms with E-state index in [0.717, 1.165) is 34.7 Å². The van der Waals surface area contributed by atoms with Crippen molar-refractivity contribution >= 4 is 35.0 Å². The monoisotopic (exact) mass is 483 g/mol. The number of hydrogen-bond acceptors (Lipinski definition) is 5. The number of amides is 2. The van der Waals surface area contributed by atoms with Crippen molar-refractivity contribution in [2.45, 2.75) is 24.9 Å². The average Bonchev–Trinajstić information content (AvgIpc) is 3.50. The van der Waals surface area contributed by atoms with Crippen LogP contribution >= 0.6 is 11.8 Å². The van der Waals surface area contributed by atoms with Gasteiger partial charge in [-0.05, 0) is 37.6 Å². The maximum absolute atomic E-state index is 12.9. The van der Waals surface area contributed by atoms with E-state index in [1.54, 1.807) is 4.90 Å². The molecule has 1 fully saturated rings. The van der Waals surface area contributed by atoms with Gasteiger partial charge in [-0.3, -0.25) is 14.2 Å². The summed E-state index contributed by atoms with van der Waals surface area (Å²) in [5, 5.41) is 12.4. The summed E-state index contributed by atoms with van der Waals surface area (Å²) in [7, 11) is 0. The van der Waals surface area contributed by atoms with E-state index < -0.39 is 0 Å². The van der Waals surface area contributed by atoms with Gasteiger partial charge >= 0.3 is 0 Å². The Morgan fingerprint density at radius 3 is 2.46 bits per heavy atom. The Bertz CT molecular complexity index is 1350. The third-order valence-electron chi connectivity index (χ3n) is 5.83. The van der Waals surface area contributed by atoms with Gasteiger partial charge in [-0.15, -0.1) is 10.2 Å². The van der Waals surface area contributed by atoms with Crippen LogP contribution in [0.25, 0.3) is 17.1 Å². The molecule has 5 rings (SSSR count). The zero-order chi connectivity index (χ0) is 24.2. The quantitative estimate of drug-likeness (QED) is 0.370. The van der Waals surface area contributed by atoms with Crippen molar-refractivity contribution in [2.24, 2.45) is 0 Å². The fourth-order valence-electron chi connectivity index (χ4n) is 4.10. The zero-order valence-electron chi connectivity index (χ0n) is 19.3. The lowest BCUT2D eigenvalue weighted by Crippen LogP contribution is -2.26. The number of nitrogens with one attached hydrogen (secondary N) is 1. The summed E-state index contributed by atoms with van der Waals surface area (Å²) in [6.07, 6.45) is 1.37. The Hall–Kier alpha value is -3.91. The molecule has 1 aliphatic rings. The summed E-state index contributed by atoms with van der Waals surface area (Å²) in [5.74, 6) is 0.783. The molecule has 2 heterocycles. The number of carbonyl (C=O) groups is 2. The van der Waals surface area contributed by atoms with Gasteiger partial charge in [-0.25, -0.2) is 0 Å². The van der Waals surface area contributed by atoms with Crippen molar-refractivity contribution in [3.8, 4) is 17.1 Å². The predicted molar refractivity (Wildman–Crippen MR) is 139 cm³/mol. The topological polar surface area (TPSA) is 80.1 Å². The maximum Gasteiger partial charge on any atom is 0.234 e. The Kier molecular flexibility index (Phi) is 6.63. The molecule has 7 nitrogen and oxygen atoms in total. The minimum absolute atomic E-state index is 0.0840. The lowest BCUT2D eigenvalue weighted by Gasteiger charge is -2.19. The first-order valence-corrected chi connectivity index (χ1v) is 12.5. The predicted octanol–water partition coefficient (Wildman–Crippen LogP) is 5.10. The van der Waals surface area contributed by atoms with Crippen LogP contribution in [0.15, 0.2) is 84.0 Å². The Morgan fingerprint density at radius 1 is 0.971 bits per heavy atom. The largest absolute Gasteiger partial charge is 0.324 e. The van der Waals surface area contributed by atoms with Gasteiger partial charge in [0, 0.05) is 24.2 Å². The number of aromatic nitrogens is 3. The molecule has 0 radical (unpaired) electrons. The number of benzene rings is 3. The van der Waals surface area contributed by atoms with E-state index in [4.69, 9.17) is 0 Å². The molecule has 0 saturated carbocycles. The van der Waals surface area contributed by atoms with E-state index in [-0.39, 0.29) is 17.6 Å². The smallest absolute Gasteiger partial charge is 0.234 e. The SMILES string of the molecule is Cc1ccc(-n2c(SCC(=O)Nc3ccccc3N3CCCC3=O)nnc2-c2ccccc2)cc1. The molecule has 1 aliphatic heterocycles. The van der Waals surface area contributed by atoms with Crippen molar-refractivity contribution in [1.29, 1.82) is 0 Å². The molecule has 0 spiro atoms. The van der Waals surface area contributed by atoms with Crippen LogP contribution in [-0.2, 0) is 9.59 Å². The second-order valence-electron chi connectivity index (χ2n) is 8.35. The molecule has 0 unspecified atom stereocenters. The number of hydrogen-bond donors (Lipinski definition) is 1. The highest BCUT2D eigenvalue weighted by Gasteiger charge is 2.24. The molecular weight excluding hydrogens is 458 g/mol. The van der Waals surface area contributed by atoms with E-state index in [0.29, 0.717) is 23.8 Å². The van der Waals surface area contributed by atoms with Gasteiger partial charge in [0.1, 0.15) is 0 Å². The van der Waals surface area contributed by atoms with Crippen LogP contribution in [0.2, 0.25) is 0 Å². The van der Waals surface area contributed by atoms with E-state index in [1.807, 2.05) is 90.4 Å². The van der Waals surface area contributed by atoms with Gasteiger partial charge in [0.2, 0.25) is 11.8 Å². The minimum atomic E-state index is -0.172. The second kappa shape index (κ2) is 10.1. The molecule has 8 heteroatoms. The van der Waals surface area contributed by atoms with Crippen LogP contribution in [-0.4, -0.2) is 38.9 Å². The number of carbonyl (C=O) groups excluding carboxylic acids is 2. The standard InChI is InChI=1S/C27H25N5O2S/c1-19-13-15-21(16-14-19)32-26(20-8-3-2-4-9-20)29-30-27(32)35-18-24(33)28-22-10-5-6-11-23(22)31-17-7-12-25(31)34/h2-6,8-11,13-16H,7,12,17-18H2,1H3,(H,28,33). The zero-order valence-corrected chi connectivity index (χ0v) is 20.2. The van der Waals surface area contributed by atoms with Gasteiger partial charge in [0.05, 0.1) is 17.1 Å². The van der Waals surface area contributed by atoms with E-state index in [1.165, 1.54) is 11.8 Å². The minimum Gasteiger partial charge on any atom is -0.324 e. The number of anilines is 2. The Balaban J connectivity index is 1.37. The van der Waals surface area contributed by atoms with Crippen LogP contribution in [0.1, 0.15) is 18.4 Å². The van der Waals surface area contributed by atoms with Crippen molar-refractivity contribution in [3.63, 3.8) is 0 Å². The molecule has 1 N–H and O–H groups in total. The van der Waals surface area contributed by atoms with Gasteiger partial charge in [0.25, 0.3) is 0 Å². The van der Waals surface area contributed by atoms with E-state index in [2.05, 4.69) is 15.5 Å². The van der Waals surface area contributed by atoms with Gasteiger partial charge in [-0.1, -0.05) is 71.9 Å². The van der Waals surface area contributed by atoms with E-state index >= 15 is 0 Å². The fourth-order valence-corrected chi connectivity index (χ4v) is 4.85. The number of rotatable bonds is 7. The molecule has 4 aromatic rings. The Morgan fingerprint density at radius 2 is 1.71 bits per heavy atom. The van der Waals surface area contributed by atoms with Crippen molar-refractivity contribution in [1.82, 2.24) is 14.8 Å². The van der Waals surface area contributed by atoms with Gasteiger partial charge in [-0.2, -0.15) is 0 Å². The molecule has 176 valence electrons. The van der Waals surface area contributed by atoms with Crippen molar-refractivity contribution < 1.29 is 9.59 Å². The average molecular weight is 484 g/mol. The molecule has 1 aromatic heterocycles. The van der Waals surface area contributed by atoms with Crippen LogP contribution in [0.4, 0.5) is 11.4 Å². The van der Waals surface area contributed by atoms with Crippen LogP contribution in [0, 0.1) is 6.92 Å². The summed E-state index contributed by atoms with van der Waals surface area (Å²) in [4.78, 5) is 26.9. The fraction of sp³-hybridized carbons (Fsp3) is 0.185. The summed E-state index contributed by atoms with van der Waals surface area (Å²) in [6, 6.07) is 25.4. The first kappa shape index (κ1) is 22.9. The molecule has 0 bridgehead atoms. The number of aryl methyl sites for hydroxylation is 1. The van der Waals surface area contributed by atoms with Gasteiger partial charge in [0.15, 0.2) is 11.0 Å². The molecule has 1 saturated heterocycles. The second-order valence-corrected chi connectivity index (χ2v) is 9.29. The summed E-state index contributed by atoms with van der Waals surface area (Å²) in [5.41, 5.74) is 4.41. The number of nitrogens with zero attached hydrogens (tertiary/aromatic N) is 4. The first-order chi connectivity index (χ1) is 17.1. The molecule has 35 heavy (non-hydrogen) atoms. The molecule has 2 amide bonds. The summed E-state index contributed by atoms with van der Waals surface area (Å²) < 4.78 is 1.98. The third kappa shape index (κ3) is 4.97. The molecule has 0 atom stereocenters. The first-order valence-electron chi connectivity index (χ1n) is 11.5. The summed E-state index contributed by atoms with van der Waals surface area (Å²) in [6.45, 7) is 2.71. The molecule has 0 aliphatic carbocycles. The van der Waals surface area contributed by atoms with Crippen LogP contribution in [0.5, 0.6) is 0 Å². The normalized spacial score (nSPS) is 13.3. The van der Waals surface area contributed by atoms with E-state index in [9.17, 15) is 9.59 Å². The highest BCUT2D eigenvalue weighted by molar-refractivity contribution is 7.99. The molecule has 3 aromatic carbocycles. The number of thioether (sulfide) groups is 1. The lowest BCUT2D eigenvalue weighted by atomic mass is 10.2. The van der Waals surface area contributed by atoms with Crippen molar-refractivity contribution in [3.05, 3.63) is 84.4 Å². The number of para-hydroxylation sites is 2. The summed E-state index contributed by atoms with van der Waals surface area (Å²) >= 11 is 1.32. The van der Waals surface area contributed by atoms with Crippen LogP contribution < -0.4 is 10.2 Å². The van der Waals surface area contributed by atoms with Crippen LogP contribution in [0.3, 0.4) is 0 Å². The highest BCUT2D eigenvalue weighted by Crippen LogP contribution is 2.31. The van der Waals surface area contributed by atoms with Gasteiger partial charge < -0.3 is 10.2 Å².